The molecule has 7 heteroatoms. The summed E-state index contributed by atoms with van der Waals surface area (Å²) in [6.45, 7) is -0.379. The second kappa shape index (κ2) is 2.99. The Bertz CT molecular complexity index is 321. The molecule has 1 N–H and O–H groups in total. The molecule has 7 nitrogen and oxygen atoms in total. The maximum absolute atomic E-state index is 11.7. The van der Waals surface area contributed by atoms with Crippen LogP contribution >= 0.6 is 0 Å². The van der Waals surface area contributed by atoms with Gasteiger partial charge in [0, 0.05) is 21.1 Å². The number of likely N-dealkylation sites (N-methyl/N-ethyl adjacent to an activating group) is 3. The van der Waals surface area contributed by atoms with E-state index in [4.69, 9.17) is 5.11 Å². The molecule has 2 heterocycles. The second-order valence-corrected chi connectivity index (χ2v) is 3.84. The topological polar surface area (TPSA) is 67.3 Å². The van der Waals surface area contributed by atoms with Gasteiger partial charge in [0.15, 0.2) is 6.17 Å². The molecule has 2 aliphatic rings. The molecule has 0 radical (unpaired) electrons. The molecule has 0 aromatic carbocycles. The smallest absolute Gasteiger partial charge is 0.325 e. The van der Waals surface area contributed by atoms with E-state index < -0.39 is 6.17 Å². The van der Waals surface area contributed by atoms with Crippen LogP contribution in [0.15, 0.2) is 0 Å². The van der Waals surface area contributed by atoms with E-state index in [9.17, 15) is 9.59 Å². The lowest BCUT2D eigenvalue weighted by molar-refractivity contribution is 0.0707. The minimum Gasteiger partial charge on any atom is -0.376 e. The van der Waals surface area contributed by atoms with E-state index in [1.165, 1.54) is 19.6 Å². The Labute approximate surface area is 87.4 Å². The first-order chi connectivity index (χ1) is 7.00. The highest BCUT2D eigenvalue weighted by molar-refractivity contribution is 5.84. The highest BCUT2D eigenvalue weighted by Gasteiger charge is 2.55. The molecule has 2 rings (SSSR count). The van der Waals surface area contributed by atoms with Gasteiger partial charge >= 0.3 is 12.1 Å². The third-order valence-electron chi connectivity index (χ3n) is 3.08. The van der Waals surface area contributed by atoms with E-state index in [0.717, 1.165) is 0 Å². The molecule has 0 unspecified atom stereocenters. The van der Waals surface area contributed by atoms with E-state index in [1.807, 2.05) is 0 Å². The average molecular weight is 214 g/mol. The summed E-state index contributed by atoms with van der Waals surface area (Å²) in [5, 5.41) is 9.11. The van der Waals surface area contributed by atoms with Crippen molar-refractivity contribution < 1.29 is 14.7 Å². The van der Waals surface area contributed by atoms with E-state index in [2.05, 4.69) is 0 Å². The van der Waals surface area contributed by atoms with Gasteiger partial charge in [-0.2, -0.15) is 0 Å². The molecule has 2 atom stereocenters. The van der Waals surface area contributed by atoms with E-state index in [-0.39, 0.29) is 25.0 Å². The molecule has 0 saturated carbocycles. The van der Waals surface area contributed by atoms with E-state index in [0.29, 0.717) is 0 Å². The Morgan fingerprint density at radius 3 is 2.00 bits per heavy atom. The number of rotatable bonds is 1. The molecular formula is C8H14N4O3. The Hall–Kier alpha value is -1.50. The number of fused-ring (bicyclic) bond motifs is 1. The first-order valence-corrected chi connectivity index (χ1v) is 4.64. The zero-order chi connectivity index (χ0) is 11.3. The Morgan fingerprint density at radius 2 is 1.47 bits per heavy atom. The van der Waals surface area contributed by atoms with Crippen LogP contribution < -0.4 is 0 Å². The number of amides is 4. The van der Waals surface area contributed by atoms with Crippen LogP contribution in [0.25, 0.3) is 0 Å². The lowest BCUT2D eigenvalue weighted by Crippen LogP contribution is -2.44. The summed E-state index contributed by atoms with van der Waals surface area (Å²) in [6.07, 6.45) is -0.716. The molecule has 0 aliphatic carbocycles. The molecular weight excluding hydrogens is 200 g/mol. The van der Waals surface area contributed by atoms with Gasteiger partial charge < -0.3 is 19.8 Å². The number of nitrogens with zero attached hydrogens (tertiary/aromatic N) is 4. The fraction of sp³-hybridized carbons (Fsp3) is 0.750. The zero-order valence-corrected chi connectivity index (χ0v) is 8.91. The lowest BCUT2D eigenvalue weighted by Gasteiger charge is -2.24. The predicted octanol–water partition coefficient (Wildman–Crippen LogP) is -1.05. The molecule has 2 fully saturated rings. The zero-order valence-electron chi connectivity index (χ0n) is 8.91. The number of aliphatic hydroxyl groups excluding tert-OH is 1. The number of carbonyl (C=O) groups is 2. The van der Waals surface area contributed by atoms with E-state index >= 15 is 0 Å². The standard InChI is InChI=1S/C8H14N4O3/c1-9-5-6(11(3)7(9)14)12(4-13)8(15)10(5)2/h5-6,13H,4H2,1-3H3/t5-,6+/m1/s1. The van der Waals surface area contributed by atoms with Gasteiger partial charge in [0.25, 0.3) is 0 Å². The van der Waals surface area contributed by atoms with Crippen LogP contribution in [0.3, 0.4) is 0 Å². The first-order valence-electron chi connectivity index (χ1n) is 4.64. The van der Waals surface area contributed by atoms with Crippen LogP contribution in [0.1, 0.15) is 0 Å². The molecule has 4 amide bonds. The van der Waals surface area contributed by atoms with Crippen LogP contribution in [0, 0.1) is 0 Å². The summed E-state index contributed by atoms with van der Waals surface area (Å²) in [4.78, 5) is 29.0. The third-order valence-corrected chi connectivity index (χ3v) is 3.08. The summed E-state index contributed by atoms with van der Waals surface area (Å²) in [6, 6.07) is -0.415. The monoisotopic (exact) mass is 214 g/mol. The van der Waals surface area contributed by atoms with Crippen LogP contribution in [0.2, 0.25) is 0 Å². The van der Waals surface area contributed by atoms with Crippen molar-refractivity contribution >= 4 is 12.1 Å². The second-order valence-electron chi connectivity index (χ2n) is 3.84. The summed E-state index contributed by atoms with van der Waals surface area (Å²) in [5.74, 6) is 0. The van der Waals surface area contributed by atoms with Crippen LogP contribution in [-0.2, 0) is 0 Å². The molecule has 0 bridgehead atoms. The molecule has 15 heavy (non-hydrogen) atoms. The minimum absolute atomic E-state index is 0.150. The van der Waals surface area contributed by atoms with Gasteiger partial charge in [-0.05, 0) is 0 Å². The lowest BCUT2D eigenvalue weighted by atomic mass is 10.4. The van der Waals surface area contributed by atoms with Crippen LogP contribution in [0.5, 0.6) is 0 Å². The SMILES string of the molecule is CN1C(=O)N(C)[C@@H]2[C@H]1N(C)C(=O)N2CO. The summed E-state index contributed by atoms with van der Waals surface area (Å²) in [7, 11) is 4.89. The maximum atomic E-state index is 11.7. The van der Waals surface area contributed by atoms with Gasteiger partial charge in [-0.15, -0.1) is 0 Å². The van der Waals surface area contributed by atoms with Crippen LogP contribution in [0.4, 0.5) is 9.59 Å². The van der Waals surface area contributed by atoms with Gasteiger partial charge in [0.1, 0.15) is 12.9 Å². The Kier molecular flexibility index (Phi) is 2.00. The van der Waals surface area contributed by atoms with Crippen molar-refractivity contribution in [3.63, 3.8) is 0 Å². The molecule has 2 saturated heterocycles. The quantitative estimate of drug-likeness (QED) is 0.606. The van der Waals surface area contributed by atoms with Crippen LogP contribution in [-0.4, -0.2) is 77.0 Å². The molecule has 0 aromatic heterocycles. The number of aliphatic hydroxyl groups is 1. The normalized spacial score (nSPS) is 30.7. The highest BCUT2D eigenvalue weighted by atomic mass is 16.3. The minimum atomic E-state index is -0.398. The average Bonchev–Trinajstić information content (AvgIpc) is 2.59. The van der Waals surface area contributed by atoms with Crippen molar-refractivity contribution in [1.82, 2.24) is 19.6 Å². The largest absolute Gasteiger partial charge is 0.376 e. The third kappa shape index (κ3) is 1.03. The number of carbonyl (C=O) groups excluding carboxylic acids is 2. The number of urea groups is 2. The predicted molar refractivity (Wildman–Crippen MR) is 50.6 cm³/mol. The van der Waals surface area contributed by atoms with Crippen molar-refractivity contribution in [3.05, 3.63) is 0 Å². The van der Waals surface area contributed by atoms with Gasteiger partial charge in [-0.25, -0.2) is 9.59 Å². The molecule has 0 spiro atoms. The molecule has 0 aromatic rings. The van der Waals surface area contributed by atoms with Gasteiger partial charge in [0.05, 0.1) is 0 Å². The van der Waals surface area contributed by atoms with Gasteiger partial charge in [-0.3, -0.25) is 4.90 Å². The van der Waals surface area contributed by atoms with Crippen molar-refractivity contribution in [1.29, 1.82) is 0 Å². The van der Waals surface area contributed by atoms with Gasteiger partial charge in [-0.1, -0.05) is 0 Å². The van der Waals surface area contributed by atoms with Crippen molar-refractivity contribution in [2.75, 3.05) is 27.9 Å². The fourth-order valence-electron chi connectivity index (χ4n) is 2.28. The van der Waals surface area contributed by atoms with E-state index in [1.54, 1.807) is 21.1 Å². The van der Waals surface area contributed by atoms with Gasteiger partial charge in [0.2, 0.25) is 0 Å². The maximum Gasteiger partial charge on any atom is 0.325 e. The summed E-state index contributed by atoms with van der Waals surface area (Å²) in [5.41, 5.74) is 0. The number of hydrogen-bond acceptors (Lipinski definition) is 3. The Morgan fingerprint density at radius 1 is 1.00 bits per heavy atom. The van der Waals surface area contributed by atoms with Crippen molar-refractivity contribution in [2.45, 2.75) is 12.3 Å². The Balaban J connectivity index is 2.38. The van der Waals surface area contributed by atoms with Crippen molar-refractivity contribution in [3.8, 4) is 0 Å². The first kappa shape index (κ1) is 10.0. The highest BCUT2D eigenvalue weighted by Crippen LogP contribution is 2.31. The molecule has 84 valence electrons. The number of hydrogen-bond donors (Lipinski definition) is 1. The summed E-state index contributed by atoms with van der Waals surface area (Å²) < 4.78 is 0. The fourth-order valence-corrected chi connectivity index (χ4v) is 2.28. The van der Waals surface area contributed by atoms with Crippen molar-refractivity contribution in [2.24, 2.45) is 0 Å². The summed E-state index contributed by atoms with van der Waals surface area (Å²) >= 11 is 0. The molecule has 2 aliphatic heterocycles.